The molecule has 178 valence electrons. The van der Waals surface area contributed by atoms with E-state index in [0.717, 1.165) is 42.7 Å². The Labute approximate surface area is 192 Å². The summed E-state index contributed by atoms with van der Waals surface area (Å²) < 4.78 is 26.9. The number of hydrogen-bond acceptors (Lipinski definition) is 4. The summed E-state index contributed by atoms with van der Waals surface area (Å²) in [6.07, 6.45) is 9.37. The van der Waals surface area contributed by atoms with Gasteiger partial charge < -0.3 is 15.2 Å². The standard InChI is InChI=1S/C27H41FN2O2/c1-17-23(6-9-26(30-17)31-11-3-10-29)18-4-8-25(28)20(12-18)16-32-22-5-7-24-19(14-22)13-21-15-27(21,24)2/h6,9,18-22,24-25H,3-5,7-8,10-16,29H2,1-2H3. The second-order valence-corrected chi connectivity index (χ2v) is 11.4. The predicted molar refractivity (Wildman–Crippen MR) is 125 cm³/mol. The van der Waals surface area contributed by atoms with Crippen LogP contribution in [-0.2, 0) is 4.74 Å². The summed E-state index contributed by atoms with van der Waals surface area (Å²) >= 11 is 0. The highest BCUT2D eigenvalue weighted by molar-refractivity contribution is 5.29. The van der Waals surface area contributed by atoms with E-state index in [0.29, 0.717) is 49.5 Å². The number of aryl methyl sites for hydroxylation is 1. The van der Waals surface area contributed by atoms with Crippen molar-refractivity contribution < 1.29 is 13.9 Å². The first kappa shape index (κ1) is 22.6. The zero-order chi connectivity index (χ0) is 22.3. The fourth-order valence-corrected chi connectivity index (χ4v) is 7.41. The lowest BCUT2D eigenvalue weighted by Crippen LogP contribution is -2.34. The lowest BCUT2D eigenvalue weighted by atomic mass is 9.73. The number of hydrogen-bond donors (Lipinski definition) is 1. The maximum absolute atomic E-state index is 14.8. The molecular weight excluding hydrogens is 403 g/mol. The molecule has 1 aromatic rings. The summed E-state index contributed by atoms with van der Waals surface area (Å²) in [6, 6.07) is 4.09. The van der Waals surface area contributed by atoms with Crippen LogP contribution in [-0.4, -0.2) is 37.0 Å². The van der Waals surface area contributed by atoms with Gasteiger partial charge in [0.2, 0.25) is 5.88 Å². The summed E-state index contributed by atoms with van der Waals surface area (Å²) in [7, 11) is 0. The Morgan fingerprint density at radius 2 is 2.03 bits per heavy atom. The summed E-state index contributed by atoms with van der Waals surface area (Å²) in [6.45, 7) is 6.35. The van der Waals surface area contributed by atoms with Crippen LogP contribution >= 0.6 is 0 Å². The molecule has 32 heavy (non-hydrogen) atoms. The van der Waals surface area contributed by atoms with Crippen molar-refractivity contribution in [2.45, 2.75) is 89.8 Å². The van der Waals surface area contributed by atoms with Crippen molar-refractivity contribution in [3.63, 3.8) is 0 Å². The molecule has 0 amide bonds. The van der Waals surface area contributed by atoms with Gasteiger partial charge in [-0.05, 0) is 106 Å². The Bertz CT molecular complexity index is 804. The van der Waals surface area contributed by atoms with Crippen molar-refractivity contribution >= 4 is 0 Å². The zero-order valence-corrected chi connectivity index (χ0v) is 19.9. The van der Waals surface area contributed by atoms with Crippen molar-refractivity contribution in [1.82, 2.24) is 4.98 Å². The molecule has 0 radical (unpaired) electrons. The van der Waals surface area contributed by atoms with Crippen LogP contribution in [0.4, 0.5) is 4.39 Å². The topological polar surface area (TPSA) is 57.4 Å². The van der Waals surface area contributed by atoms with E-state index in [1.165, 1.54) is 37.7 Å². The largest absolute Gasteiger partial charge is 0.478 e. The van der Waals surface area contributed by atoms with Gasteiger partial charge in [-0.1, -0.05) is 13.0 Å². The van der Waals surface area contributed by atoms with E-state index in [2.05, 4.69) is 18.0 Å². The Balaban J connectivity index is 1.14. The molecule has 4 saturated carbocycles. The number of fused-ring (bicyclic) bond motifs is 3. The molecule has 8 atom stereocenters. The van der Waals surface area contributed by atoms with Crippen LogP contribution in [0, 0.1) is 36.0 Å². The molecule has 0 spiro atoms. The first-order chi connectivity index (χ1) is 15.5. The van der Waals surface area contributed by atoms with Gasteiger partial charge in [0.25, 0.3) is 0 Å². The van der Waals surface area contributed by atoms with Crippen molar-refractivity contribution in [1.29, 1.82) is 0 Å². The van der Waals surface area contributed by atoms with Crippen molar-refractivity contribution in [3.05, 3.63) is 23.4 Å². The molecule has 5 rings (SSSR count). The zero-order valence-electron chi connectivity index (χ0n) is 19.9. The van der Waals surface area contributed by atoms with Crippen LogP contribution in [0.5, 0.6) is 5.88 Å². The van der Waals surface area contributed by atoms with Crippen molar-refractivity contribution in [2.24, 2.45) is 34.8 Å². The monoisotopic (exact) mass is 444 g/mol. The maximum Gasteiger partial charge on any atom is 0.213 e. The van der Waals surface area contributed by atoms with Crippen LogP contribution < -0.4 is 10.5 Å². The normalized spacial score (nSPS) is 40.6. The average molecular weight is 445 g/mol. The van der Waals surface area contributed by atoms with Crippen molar-refractivity contribution in [3.8, 4) is 5.88 Å². The molecule has 1 aromatic heterocycles. The number of halogens is 1. The van der Waals surface area contributed by atoms with E-state index in [4.69, 9.17) is 15.2 Å². The molecule has 8 unspecified atom stereocenters. The average Bonchev–Trinajstić information content (AvgIpc) is 3.35. The van der Waals surface area contributed by atoms with Crippen LogP contribution in [0.2, 0.25) is 0 Å². The van der Waals surface area contributed by atoms with E-state index in [-0.39, 0.29) is 5.92 Å². The first-order valence-corrected chi connectivity index (χ1v) is 13.0. The highest BCUT2D eigenvalue weighted by atomic mass is 19.1. The van der Waals surface area contributed by atoms with Gasteiger partial charge in [0.1, 0.15) is 6.17 Å². The number of pyridine rings is 1. The Kier molecular flexibility index (Phi) is 6.50. The van der Waals surface area contributed by atoms with Gasteiger partial charge in [-0.3, -0.25) is 0 Å². The van der Waals surface area contributed by atoms with E-state index in [1.54, 1.807) is 0 Å². The second-order valence-electron chi connectivity index (χ2n) is 11.4. The molecular formula is C27H41FN2O2. The molecule has 2 N–H and O–H groups in total. The third kappa shape index (κ3) is 4.44. The van der Waals surface area contributed by atoms with Crippen LogP contribution in [0.25, 0.3) is 0 Å². The van der Waals surface area contributed by atoms with Gasteiger partial charge >= 0.3 is 0 Å². The lowest BCUT2D eigenvalue weighted by molar-refractivity contribution is -0.0417. The molecule has 0 aliphatic heterocycles. The quantitative estimate of drug-likeness (QED) is 0.533. The fraction of sp³-hybridized carbons (Fsp3) is 0.815. The lowest BCUT2D eigenvalue weighted by Gasteiger charge is -2.38. The van der Waals surface area contributed by atoms with Gasteiger partial charge in [0, 0.05) is 17.7 Å². The van der Waals surface area contributed by atoms with E-state index in [1.807, 2.05) is 13.0 Å². The predicted octanol–water partition coefficient (Wildman–Crippen LogP) is 5.57. The third-order valence-corrected chi connectivity index (χ3v) is 9.40. The SMILES string of the molecule is Cc1nc(OCCCN)ccc1C1CCC(F)C(COC2CCC3C(C2)CC2CC23C)C1. The summed E-state index contributed by atoms with van der Waals surface area (Å²) in [5.41, 5.74) is 8.44. The third-order valence-electron chi connectivity index (χ3n) is 9.40. The first-order valence-electron chi connectivity index (χ1n) is 13.0. The highest BCUT2D eigenvalue weighted by Gasteiger charge is 2.63. The summed E-state index contributed by atoms with van der Waals surface area (Å²) in [4.78, 5) is 4.64. The molecule has 0 bridgehead atoms. The van der Waals surface area contributed by atoms with E-state index < -0.39 is 6.17 Å². The molecule has 1 heterocycles. The van der Waals surface area contributed by atoms with Crippen molar-refractivity contribution in [2.75, 3.05) is 19.8 Å². The summed E-state index contributed by atoms with van der Waals surface area (Å²) in [5.74, 6) is 3.79. The Morgan fingerprint density at radius 1 is 1.16 bits per heavy atom. The van der Waals surface area contributed by atoms with Gasteiger partial charge in [-0.15, -0.1) is 0 Å². The number of alkyl halides is 1. The van der Waals surface area contributed by atoms with Gasteiger partial charge in [0.15, 0.2) is 0 Å². The van der Waals surface area contributed by atoms with E-state index in [9.17, 15) is 4.39 Å². The fourth-order valence-electron chi connectivity index (χ4n) is 7.41. The number of aromatic nitrogens is 1. The smallest absolute Gasteiger partial charge is 0.213 e. The minimum absolute atomic E-state index is 0.000789. The van der Waals surface area contributed by atoms with Gasteiger partial charge in [-0.2, -0.15) is 0 Å². The Hall–Kier alpha value is -1.20. The minimum atomic E-state index is -0.743. The number of nitrogens with zero attached hydrogens (tertiary/aromatic N) is 1. The van der Waals surface area contributed by atoms with Crippen LogP contribution in [0.3, 0.4) is 0 Å². The molecule has 5 heteroatoms. The van der Waals surface area contributed by atoms with Crippen LogP contribution in [0.15, 0.2) is 12.1 Å². The highest BCUT2D eigenvalue weighted by Crippen LogP contribution is 2.71. The Morgan fingerprint density at radius 3 is 2.84 bits per heavy atom. The molecule has 4 fully saturated rings. The van der Waals surface area contributed by atoms with Crippen LogP contribution in [0.1, 0.15) is 81.9 Å². The maximum atomic E-state index is 14.8. The summed E-state index contributed by atoms with van der Waals surface area (Å²) in [5, 5.41) is 0. The number of ether oxygens (including phenoxy) is 2. The number of nitrogens with two attached hydrogens (primary N) is 1. The van der Waals surface area contributed by atoms with E-state index >= 15 is 0 Å². The molecule has 4 aliphatic carbocycles. The molecule has 0 saturated heterocycles. The molecule has 0 aromatic carbocycles. The van der Waals surface area contributed by atoms with Gasteiger partial charge in [-0.25, -0.2) is 9.37 Å². The molecule has 4 aliphatic rings. The second kappa shape index (κ2) is 9.21. The van der Waals surface area contributed by atoms with Gasteiger partial charge in [0.05, 0.1) is 19.3 Å². The minimum Gasteiger partial charge on any atom is -0.478 e. The number of rotatable bonds is 8. The molecule has 4 nitrogen and oxygen atoms in total.